The van der Waals surface area contributed by atoms with E-state index in [-0.39, 0.29) is 0 Å². The molecule has 0 saturated carbocycles. The van der Waals surface area contributed by atoms with E-state index in [1.165, 1.54) is 6.07 Å². The van der Waals surface area contributed by atoms with Crippen LogP contribution in [0.3, 0.4) is 0 Å². The summed E-state index contributed by atoms with van der Waals surface area (Å²) >= 11 is 15.2. The van der Waals surface area contributed by atoms with Crippen molar-refractivity contribution in [3.8, 4) is 0 Å². The largest absolute Gasteiger partial charge is 0.259 e. The first kappa shape index (κ1) is 10.7. The Bertz CT molecular complexity index is 257. The van der Waals surface area contributed by atoms with Crippen LogP contribution in [-0.4, -0.2) is 6.43 Å². The molecule has 1 atom stereocenters. The lowest BCUT2D eigenvalue weighted by Crippen LogP contribution is -1.98. The maximum atomic E-state index is 12.1. The number of hydrogen-bond donors (Lipinski definition) is 0. The molecule has 0 radical (unpaired) electrons. The molecule has 0 aliphatic carbocycles. The quantitative estimate of drug-likeness (QED) is 0.693. The maximum Gasteiger partial charge on any atom is 0.259 e. The second-order valence-corrected chi connectivity index (χ2v) is 5.02. The van der Waals surface area contributed by atoms with Crippen LogP contribution in [0.2, 0.25) is 4.34 Å². The highest BCUT2D eigenvalue weighted by Gasteiger charge is 2.22. The first-order valence-corrected chi connectivity index (χ1v) is 5.31. The van der Waals surface area contributed by atoms with Crippen molar-refractivity contribution in [2.75, 3.05) is 0 Å². The molecule has 0 amide bonds. The van der Waals surface area contributed by atoms with Gasteiger partial charge in [-0.05, 0) is 22.0 Å². The molecule has 6 heteroatoms. The molecular weight excluding hydrogens is 293 g/mol. The van der Waals surface area contributed by atoms with Crippen molar-refractivity contribution in [3.05, 3.63) is 19.8 Å². The number of rotatable bonds is 2. The van der Waals surface area contributed by atoms with Gasteiger partial charge in [-0.2, -0.15) is 0 Å². The van der Waals surface area contributed by atoms with Crippen molar-refractivity contribution in [2.45, 2.75) is 11.8 Å². The van der Waals surface area contributed by atoms with Gasteiger partial charge < -0.3 is 0 Å². The van der Waals surface area contributed by atoms with E-state index in [1.54, 1.807) is 0 Å². The fourth-order valence-electron chi connectivity index (χ4n) is 0.623. The zero-order valence-electron chi connectivity index (χ0n) is 5.53. The second kappa shape index (κ2) is 4.22. The molecule has 1 unspecified atom stereocenters. The summed E-state index contributed by atoms with van der Waals surface area (Å²) in [6.45, 7) is 0. The summed E-state index contributed by atoms with van der Waals surface area (Å²) in [5.74, 6) is 0. The molecule has 1 heterocycles. The van der Waals surface area contributed by atoms with Gasteiger partial charge in [0.2, 0.25) is 0 Å². The molecule has 1 rings (SSSR count). The summed E-state index contributed by atoms with van der Waals surface area (Å²) in [5, 5.41) is -1.27. The van der Waals surface area contributed by atoms with Gasteiger partial charge in [0.05, 0.1) is 0 Å². The van der Waals surface area contributed by atoms with Crippen LogP contribution in [0.15, 0.2) is 10.5 Å². The predicted molar refractivity (Wildman–Crippen MR) is 51.6 cm³/mol. The van der Waals surface area contributed by atoms with E-state index in [2.05, 4.69) is 15.9 Å². The van der Waals surface area contributed by atoms with Crippen molar-refractivity contribution in [1.82, 2.24) is 0 Å². The minimum Gasteiger partial charge on any atom is -0.208 e. The van der Waals surface area contributed by atoms with Crippen LogP contribution < -0.4 is 0 Å². The van der Waals surface area contributed by atoms with E-state index in [9.17, 15) is 8.78 Å². The molecule has 1 aromatic heterocycles. The summed E-state index contributed by atoms with van der Waals surface area (Å²) in [5.41, 5.74) is 0. The van der Waals surface area contributed by atoms with Gasteiger partial charge in [0.15, 0.2) is 0 Å². The second-order valence-electron chi connectivity index (χ2n) is 2.01. The van der Waals surface area contributed by atoms with Gasteiger partial charge in [0, 0.05) is 9.35 Å². The molecule has 0 aromatic carbocycles. The molecule has 0 saturated heterocycles. The third kappa shape index (κ3) is 2.31. The van der Waals surface area contributed by atoms with Crippen molar-refractivity contribution in [3.63, 3.8) is 0 Å². The zero-order chi connectivity index (χ0) is 9.30. The maximum absolute atomic E-state index is 12.1. The minimum atomic E-state index is -2.56. The predicted octanol–water partition coefficient (Wildman–Crippen LogP) is 4.71. The van der Waals surface area contributed by atoms with Crippen molar-refractivity contribution < 1.29 is 8.78 Å². The molecule has 0 aliphatic heterocycles. The summed E-state index contributed by atoms with van der Waals surface area (Å²) in [4.78, 5) is 0.378. The van der Waals surface area contributed by atoms with Crippen molar-refractivity contribution >= 4 is 50.5 Å². The van der Waals surface area contributed by atoms with E-state index in [1.807, 2.05) is 0 Å². The first-order chi connectivity index (χ1) is 5.52. The molecule has 68 valence electrons. The van der Waals surface area contributed by atoms with Gasteiger partial charge in [0.1, 0.15) is 9.71 Å². The average molecular weight is 296 g/mol. The molecule has 0 spiro atoms. The van der Waals surface area contributed by atoms with Crippen molar-refractivity contribution in [2.24, 2.45) is 0 Å². The van der Waals surface area contributed by atoms with Crippen molar-refractivity contribution in [1.29, 1.82) is 0 Å². The Morgan fingerprint density at radius 2 is 2.08 bits per heavy atom. The number of alkyl halides is 3. The van der Waals surface area contributed by atoms with Crippen LogP contribution in [0, 0.1) is 0 Å². The van der Waals surface area contributed by atoms with Crippen LogP contribution in [0.1, 0.15) is 10.3 Å². The third-order valence-corrected chi connectivity index (χ3v) is 4.27. The fraction of sp³-hybridized carbons (Fsp3) is 0.333. The van der Waals surface area contributed by atoms with Crippen LogP contribution in [0.25, 0.3) is 0 Å². The lowest BCUT2D eigenvalue weighted by Gasteiger charge is -2.03. The lowest BCUT2D eigenvalue weighted by atomic mass is 10.3. The summed E-state index contributed by atoms with van der Waals surface area (Å²) in [7, 11) is 0. The Balaban J connectivity index is 2.89. The Morgan fingerprint density at radius 1 is 1.50 bits per heavy atom. The standard InChI is InChI=1S/C6H3BrCl2F2S/c7-2-1-3(12-5(2)9)4(8)6(10)11/h1,4,6H. The van der Waals surface area contributed by atoms with Crippen LogP contribution in [0.5, 0.6) is 0 Å². The number of hydrogen-bond acceptors (Lipinski definition) is 1. The monoisotopic (exact) mass is 294 g/mol. The Morgan fingerprint density at radius 3 is 2.42 bits per heavy atom. The average Bonchev–Trinajstić information content (AvgIpc) is 2.30. The normalized spacial score (nSPS) is 13.8. The van der Waals surface area contributed by atoms with E-state index in [4.69, 9.17) is 23.2 Å². The number of thiophene rings is 1. The smallest absolute Gasteiger partial charge is 0.208 e. The third-order valence-electron chi connectivity index (χ3n) is 1.16. The van der Waals surface area contributed by atoms with E-state index >= 15 is 0 Å². The molecule has 0 N–H and O–H groups in total. The highest BCUT2D eigenvalue weighted by molar-refractivity contribution is 9.10. The molecule has 12 heavy (non-hydrogen) atoms. The van der Waals surface area contributed by atoms with Gasteiger partial charge in [-0.15, -0.1) is 22.9 Å². The SMILES string of the molecule is FC(F)C(Cl)c1cc(Br)c(Cl)s1. The Kier molecular flexibility index (Phi) is 3.76. The highest BCUT2D eigenvalue weighted by atomic mass is 79.9. The fourth-order valence-corrected chi connectivity index (χ4v) is 2.54. The summed E-state index contributed by atoms with van der Waals surface area (Å²) in [6.07, 6.45) is -2.56. The molecular formula is C6H3BrCl2F2S. The molecule has 0 fully saturated rings. The van der Waals surface area contributed by atoms with Crippen LogP contribution in [0.4, 0.5) is 8.78 Å². The van der Waals surface area contributed by atoms with Crippen LogP contribution in [-0.2, 0) is 0 Å². The van der Waals surface area contributed by atoms with E-state index in [0.29, 0.717) is 13.7 Å². The minimum absolute atomic E-state index is 0.378. The van der Waals surface area contributed by atoms with Crippen LogP contribution >= 0.6 is 50.5 Å². The summed E-state index contributed by atoms with van der Waals surface area (Å²) < 4.78 is 25.2. The zero-order valence-corrected chi connectivity index (χ0v) is 9.44. The highest BCUT2D eigenvalue weighted by Crippen LogP contribution is 2.39. The van der Waals surface area contributed by atoms with Gasteiger partial charge in [-0.1, -0.05) is 11.6 Å². The molecule has 1 aromatic rings. The number of halogens is 5. The molecule has 0 aliphatic rings. The molecule has 0 nitrogen and oxygen atoms in total. The van der Waals surface area contributed by atoms with Gasteiger partial charge in [-0.25, -0.2) is 8.78 Å². The Hall–Kier alpha value is 0.620. The van der Waals surface area contributed by atoms with Gasteiger partial charge in [0.25, 0.3) is 6.43 Å². The first-order valence-electron chi connectivity index (χ1n) is 2.89. The van der Waals surface area contributed by atoms with Gasteiger partial charge in [-0.3, -0.25) is 0 Å². The van der Waals surface area contributed by atoms with E-state index in [0.717, 1.165) is 11.3 Å². The topological polar surface area (TPSA) is 0 Å². The Labute approximate surface area is 90.6 Å². The lowest BCUT2D eigenvalue weighted by molar-refractivity contribution is 0.144. The molecule has 0 bridgehead atoms. The summed E-state index contributed by atoms with van der Waals surface area (Å²) in [6, 6.07) is 1.51. The van der Waals surface area contributed by atoms with E-state index < -0.39 is 11.8 Å². The van der Waals surface area contributed by atoms with Gasteiger partial charge >= 0.3 is 0 Å².